The second-order valence-electron chi connectivity index (χ2n) is 6.00. The van der Waals surface area contributed by atoms with E-state index in [2.05, 4.69) is 15.3 Å². The first-order chi connectivity index (χ1) is 11.5. The molecule has 3 N–H and O–H groups in total. The number of likely N-dealkylation sites (tertiary alicyclic amines) is 1. The summed E-state index contributed by atoms with van der Waals surface area (Å²) in [6.45, 7) is 2.38. The van der Waals surface area contributed by atoms with E-state index in [1.807, 2.05) is 6.92 Å². The molecule has 2 aromatic rings. The number of hydrogen-bond donors (Lipinski definition) is 2. The number of nitrogens with two attached hydrogens (primary N) is 1. The highest BCUT2D eigenvalue weighted by atomic mass is 19.1. The maximum absolute atomic E-state index is 13.4. The zero-order valence-electron chi connectivity index (χ0n) is 13.4. The Morgan fingerprint density at radius 2 is 2.25 bits per heavy atom. The van der Waals surface area contributed by atoms with Crippen LogP contribution < -0.4 is 11.1 Å². The summed E-state index contributed by atoms with van der Waals surface area (Å²) < 4.78 is 13.4. The second kappa shape index (κ2) is 6.82. The summed E-state index contributed by atoms with van der Waals surface area (Å²) in [5, 5.41) is 3.34. The average molecular weight is 329 g/mol. The van der Waals surface area contributed by atoms with Crippen LogP contribution in [-0.4, -0.2) is 33.5 Å². The quantitative estimate of drug-likeness (QED) is 0.906. The van der Waals surface area contributed by atoms with E-state index in [-0.39, 0.29) is 17.9 Å². The third-order valence-corrected chi connectivity index (χ3v) is 4.39. The van der Waals surface area contributed by atoms with Gasteiger partial charge in [-0.25, -0.2) is 14.2 Å². The molecule has 1 aliphatic rings. The molecule has 0 radical (unpaired) electrons. The van der Waals surface area contributed by atoms with E-state index in [0.29, 0.717) is 18.8 Å². The van der Waals surface area contributed by atoms with Crippen molar-refractivity contribution in [2.45, 2.75) is 31.8 Å². The fourth-order valence-electron chi connectivity index (χ4n) is 3.25. The molecule has 0 spiro atoms. The lowest BCUT2D eigenvalue weighted by molar-refractivity contribution is 0.154. The summed E-state index contributed by atoms with van der Waals surface area (Å²) >= 11 is 0. The van der Waals surface area contributed by atoms with Crippen LogP contribution in [0.3, 0.4) is 0 Å². The van der Waals surface area contributed by atoms with Crippen LogP contribution in [0.4, 0.5) is 15.0 Å². The first-order valence-corrected chi connectivity index (χ1v) is 7.89. The topological polar surface area (TPSA) is 84.1 Å². The second-order valence-corrected chi connectivity index (χ2v) is 6.00. The Labute approximate surface area is 139 Å². The highest BCUT2D eigenvalue weighted by Crippen LogP contribution is 2.33. The van der Waals surface area contributed by atoms with Crippen LogP contribution >= 0.6 is 0 Å². The van der Waals surface area contributed by atoms with Crippen molar-refractivity contribution >= 4 is 11.8 Å². The lowest BCUT2D eigenvalue weighted by atomic mass is 9.89. The summed E-state index contributed by atoms with van der Waals surface area (Å²) in [4.78, 5) is 21.7. The number of nitrogens with zero attached hydrogens (tertiary/aromatic N) is 3. The van der Waals surface area contributed by atoms with Gasteiger partial charge in [0.05, 0.1) is 12.2 Å². The summed E-state index contributed by atoms with van der Waals surface area (Å²) in [6, 6.07) is 4.12. The molecule has 2 unspecified atom stereocenters. The molecule has 3 rings (SSSR count). The number of carbonyl (C=O) groups is 1. The zero-order valence-corrected chi connectivity index (χ0v) is 13.4. The number of amides is 2. The van der Waals surface area contributed by atoms with Gasteiger partial charge in [-0.2, -0.15) is 0 Å². The van der Waals surface area contributed by atoms with Crippen molar-refractivity contribution in [2.75, 3.05) is 11.9 Å². The maximum atomic E-state index is 13.4. The molecule has 24 heavy (non-hydrogen) atoms. The van der Waals surface area contributed by atoms with Crippen LogP contribution in [0.25, 0.3) is 0 Å². The smallest absolute Gasteiger partial charge is 0.315 e. The van der Waals surface area contributed by atoms with Gasteiger partial charge in [-0.1, -0.05) is 6.07 Å². The normalized spacial score (nSPS) is 20.7. The Balaban J connectivity index is 1.83. The van der Waals surface area contributed by atoms with E-state index < -0.39 is 6.03 Å². The average Bonchev–Trinajstić information content (AvgIpc) is 2.55. The van der Waals surface area contributed by atoms with Gasteiger partial charge in [0.2, 0.25) is 0 Å². The standard InChI is InChI=1S/C17H20FN5O/c1-11-8-12(18)2-3-14(11)15-9-13(4-7-23(15)17(19)24)22-16-10-20-5-6-21-16/h2-3,5-6,8,10,13,15H,4,7,9H2,1H3,(H2,19,24)(H,21,22). The number of primary amides is 1. The zero-order chi connectivity index (χ0) is 17.1. The molecule has 1 aliphatic heterocycles. The minimum absolute atomic E-state index is 0.131. The molecule has 2 atom stereocenters. The van der Waals surface area contributed by atoms with E-state index >= 15 is 0 Å². The summed E-state index contributed by atoms with van der Waals surface area (Å²) in [6.07, 6.45) is 6.34. The van der Waals surface area contributed by atoms with Gasteiger partial charge in [-0.15, -0.1) is 0 Å². The molecule has 126 valence electrons. The molecule has 0 saturated carbocycles. The first kappa shape index (κ1) is 16.2. The van der Waals surface area contributed by atoms with Crippen molar-refractivity contribution in [3.05, 3.63) is 53.7 Å². The van der Waals surface area contributed by atoms with Gasteiger partial charge >= 0.3 is 6.03 Å². The number of rotatable bonds is 3. The number of aromatic nitrogens is 2. The molecule has 2 heterocycles. The van der Waals surface area contributed by atoms with Crippen molar-refractivity contribution < 1.29 is 9.18 Å². The highest BCUT2D eigenvalue weighted by molar-refractivity contribution is 5.73. The van der Waals surface area contributed by atoms with E-state index in [1.54, 1.807) is 29.6 Å². The van der Waals surface area contributed by atoms with Crippen molar-refractivity contribution in [3.8, 4) is 0 Å². The van der Waals surface area contributed by atoms with Crippen LogP contribution in [0.5, 0.6) is 0 Å². The van der Waals surface area contributed by atoms with Crippen LogP contribution in [0.15, 0.2) is 36.8 Å². The predicted molar refractivity (Wildman–Crippen MR) is 88.8 cm³/mol. The van der Waals surface area contributed by atoms with Gasteiger partial charge in [0, 0.05) is 25.0 Å². The highest BCUT2D eigenvalue weighted by Gasteiger charge is 2.32. The molecule has 6 nitrogen and oxygen atoms in total. The van der Waals surface area contributed by atoms with Crippen LogP contribution in [0.2, 0.25) is 0 Å². The minimum atomic E-state index is -0.457. The number of anilines is 1. The predicted octanol–water partition coefficient (Wildman–Crippen LogP) is 2.62. The number of urea groups is 1. The fourth-order valence-corrected chi connectivity index (χ4v) is 3.25. The van der Waals surface area contributed by atoms with Crippen molar-refractivity contribution in [1.82, 2.24) is 14.9 Å². The Morgan fingerprint density at radius 3 is 2.92 bits per heavy atom. The largest absolute Gasteiger partial charge is 0.366 e. The Bertz CT molecular complexity index is 724. The monoisotopic (exact) mass is 329 g/mol. The molecular weight excluding hydrogens is 309 g/mol. The van der Waals surface area contributed by atoms with E-state index in [4.69, 9.17) is 5.73 Å². The summed E-state index contributed by atoms with van der Waals surface area (Å²) in [5.74, 6) is 0.413. The molecular formula is C17H20FN5O. The minimum Gasteiger partial charge on any atom is -0.366 e. The number of benzene rings is 1. The van der Waals surface area contributed by atoms with Gasteiger partial charge in [-0.05, 0) is 43.0 Å². The van der Waals surface area contributed by atoms with Gasteiger partial charge in [0.25, 0.3) is 0 Å². The Hall–Kier alpha value is -2.70. The Kier molecular flexibility index (Phi) is 4.59. The number of halogens is 1. The molecule has 0 aliphatic carbocycles. The summed E-state index contributed by atoms with van der Waals surface area (Å²) in [5.41, 5.74) is 7.27. The number of piperidine rings is 1. The van der Waals surface area contributed by atoms with Crippen molar-refractivity contribution in [1.29, 1.82) is 0 Å². The van der Waals surface area contributed by atoms with Gasteiger partial charge < -0.3 is 16.0 Å². The molecule has 7 heteroatoms. The maximum Gasteiger partial charge on any atom is 0.315 e. The van der Waals surface area contributed by atoms with E-state index in [0.717, 1.165) is 17.5 Å². The number of aryl methyl sites for hydroxylation is 1. The molecule has 1 aromatic heterocycles. The van der Waals surface area contributed by atoms with Crippen LogP contribution in [-0.2, 0) is 0 Å². The van der Waals surface area contributed by atoms with Gasteiger partial charge in [0.1, 0.15) is 11.6 Å². The fraction of sp³-hybridized carbons (Fsp3) is 0.353. The third kappa shape index (κ3) is 3.45. The molecule has 2 amide bonds. The molecule has 1 fully saturated rings. The van der Waals surface area contributed by atoms with E-state index in [1.165, 1.54) is 12.1 Å². The molecule has 1 saturated heterocycles. The number of carbonyl (C=O) groups excluding carboxylic acids is 1. The van der Waals surface area contributed by atoms with Gasteiger partial charge in [0.15, 0.2) is 0 Å². The lowest BCUT2D eigenvalue weighted by Crippen LogP contribution is -2.47. The van der Waals surface area contributed by atoms with Gasteiger partial charge in [-0.3, -0.25) is 4.98 Å². The first-order valence-electron chi connectivity index (χ1n) is 7.89. The third-order valence-electron chi connectivity index (χ3n) is 4.39. The van der Waals surface area contributed by atoms with Crippen molar-refractivity contribution in [3.63, 3.8) is 0 Å². The van der Waals surface area contributed by atoms with Crippen LogP contribution in [0.1, 0.15) is 30.0 Å². The molecule has 0 bridgehead atoms. The number of nitrogens with one attached hydrogen (secondary N) is 1. The lowest BCUT2D eigenvalue weighted by Gasteiger charge is -2.39. The molecule has 1 aromatic carbocycles. The number of hydrogen-bond acceptors (Lipinski definition) is 4. The van der Waals surface area contributed by atoms with Crippen molar-refractivity contribution in [2.24, 2.45) is 5.73 Å². The summed E-state index contributed by atoms with van der Waals surface area (Å²) in [7, 11) is 0. The van der Waals surface area contributed by atoms with Crippen LogP contribution in [0, 0.1) is 12.7 Å². The Morgan fingerprint density at radius 1 is 1.42 bits per heavy atom. The SMILES string of the molecule is Cc1cc(F)ccc1C1CC(Nc2cnccn2)CCN1C(N)=O. The van der Waals surface area contributed by atoms with E-state index in [9.17, 15) is 9.18 Å².